The summed E-state index contributed by atoms with van der Waals surface area (Å²) in [6, 6.07) is 0. The van der Waals surface area contributed by atoms with Crippen molar-refractivity contribution in [3.8, 4) is 0 Å². The maximum atomic E-state index is 9.40. The highest BCUT2D eigenvalue weighted by molar-refractivity contribution is 9.09. The molecule has 0 saturated carbocycles. The van der Waals surface area contributed by atoms with E-state index in [1.165, 1.54) is 0 Å². The van der Waals surface area contributed by atoms with Crippen LogP contribution in [0.5, 0.6) is 0 Å². The summed E-state index contributed by atoms with van der Waals surface area (Å²) in [5, 5.41) is 9.40. The summed E-state index contributed by atoms with van der Waals surface area (Å²) >= 11 is 3.45. The summed E-state index contributed by atoms with van der Waals surface area (Å²) in [4.78, 5) is 0.303. The lowest BCUT2D eigenvalue weighted by Gasteiger charge is -2.14. The first-order chi connectivity index (χ1) is 4.72. The fourth-order valence-electron chi connectivity index (χ4n) is 0.945. The average molecular weight is 209 g/mol. The first-order valence-electron chi connectivity index (χ1n) is 4.04. The van der Waals surface area contributed by atoms with E-state index in [4.69, 9.17) is 0 Å². The van der Waals surface area contributed by atoms with Crippen molar-refractivity contribution in [1.29, 1.82) is 0 Å². The summed E-state index contributed by atoms with van der Waals surface area (Å²) in [5.74, 6) is 0. The van der Waals surface area contributed by atoms with Crippen molar-refractivity contribution in [2.45, 2.75) is 50.5 Å². The third-order valence-electron chi connectivity index (χ3n) is 1.57. The van der Waals surface area contributed by atoms with Crippen molar-refractivity contribution < 1.29 is 5.11 Å². The molecule has 0 rings (SSSR count). The fourth-order valence-corrected chi connectivity index (χ4v) is 1.67. The molecule has 0 amide bonds. The van der Waals surface area contributed by atoms with Crippen LogP contribution in [0.2, 0.25) is 0 Å². The molecule has 62 valence electrons. The van der Waals surface area contributed by atoms with Gasteiger partial charge < -0.3 is 5.11 Å². The van der Waals surface area contributed by atoms with Crippen LogP contribution < -0.4 is 0 Å². The van der Waals surface area contributed by atoms with Crippen LogP contribution in [0.1, 0.15) is 39.5 Å². The first kappa shape index (κ1) is 10.4. The van der Waals surface area contributed by atoms with Gasteiger partial charge in [0.15, 0.2) is 0 Å². The molecule has 10 heavy (non-hydrogen) atoms. The molecule has 0 aliphatic carbocycles. The Kier molecular flexibility index (Phi) is 6.44. The smallest absolute Gasteiger partial charge is 0.0665 e. The monoisotopic (exact) mass is 208 g/mol. The second-order valence-corrected chi connectivity index (χ2v) is 3.84. The summed E-state index contributed by atoms with van der Waals surface area (Å²) in [7, 11) is 0. The van der Waals surface area contributed by atoms with Gasteiger partial charge in [0.1, 0.15) is 0 Å². The van der Waals surface area contributed by atoms with Gasteiger partial charge in [0.2, 0.25) is 0 Å². The van der Waals surface area contributed by atoms with Gasteiger partial charge in [-0.3, -0.25) is 0 Å². The topological polar surface area (TPSA) is 20.2 Å². The molecule has 1 nitrogen and oxygen atoms in total. The standard InChI is InChI=1S/C8H17BrO/c1-3-5-7(9)8(10)6-4-2/h7-8,10H,3-6H2,1-2H3/t7-,8-/m1/s1. The van der Waals surface area contributed by atoms with Crippen molar-refractivity contribution in [2.24, 2.45) is 0 Å². The maximum Gasteiger partial charge on any atom is 0.0665 e. The van der Waals surface area contributed by atoms with Crippen LogP contribution in [-0.4, -0.2) is 16.0 Å². The molecule has 0 aromatic heterocycles. The largest absolute Gasteiger partial charge is 0.392 e. The molecule has 0 aliphatic heterocycles. The van der Waals surface area contributed by atoms with E-state index >= 15 is 0 Å². The molecule has 0 aliphatic rings. The van der Waals surface area contributed by atoms with Crippen LogP contribution in [0.15, 0.2) is 0 Å². The van der Waals surface area contributed by atoms with Crippen molar-refractivity contribution in [3.63, 3.8) is 0 Å². The van der Waals surface area contributed by atoms with Crippen molar-refractivity contribution >= 4 is 15.9 Å². The zero-order chi connectivity index (χ0) is 7.98. The highest BCUT2D eigenvalue weighted by Gasteiger charge is 2.12. The molecule has 0 heterocycles. The molecule has 0 fully saturated rings. The Hall–Kier alpha value is 0.440. The molecule has 0 unspecified atom stereocenters. The average Bonchev–Trinajstić information content (AvgIpc) is 1.89. The quantitative estimate of drug-likeness (QED) is 0.690. The minimum absolute atomic E-state index is 0.148. The molecule has 1 N–H and O–H groups in total. The Morgan fingerprint density at radius 2 is 1.70 bits per heavy atom. The van der Waals surface area contributed by atoms with E-state index in [1.54, 1.807) is 0 Å². The molecule has 2 heteroatoms. The minimum atomic E-state index is -0.148. The number of halogens is 1. The highest BCUT2D eigenvalue weighted by atomic mass is 79.9. The van der Waals surface area contributed by atoms with E-state index in [9.17, 15) is 5.11 Å². The lowest BCUT2D eigenvalue weighted by molar-refractivity contribution is 0.159. The van der Waals surface area contributed by atoms with E-state index < -0.39 is 0 Å². The van der Waals surface area contributed by atoms with Gasteiger partial charge in [-0.25, -0.2) is 0 Å². The van der Waals surface area contributed by atoms with Gasteiger partial charge in [-0.1, -0.05) is 42.6 Å². The third kappa shape index (κ3) is 4.29. The normalized spacial score (nSPS) is 16.8. The number of rotatable bonds is 5. The number of aliphatic hydroxyl groups excluding tert-OH is 1. The molecule has 0 bridgehead atoms. The lowest BCUT2D eigenvalue weighted by Crippen LogP contribution is -2.19. The summed E-state index contributed by atoms with van der Waals surface area (Å²) in [5.41, 5.74) is 0. The number of aliphatic hydroxyl groups is 1. The second-order valence-electron chi connectivity index (χ2n) is 2.66. The third-order valence-corrected chi connectivity index (χ3v) is 2.63. The van der Waals surface area contributed by atoms with Crippen LogP contribution in [-0.2, 0) is 0 Å². The Morgan fingerprint density at radius 3 is 2.10 bits per heavy atom. The number of alkyl halides is 1. The molecule has 0 aromatic rings. The Morgan fingerprint density at radius 1 is 1.20 bits per heavy atom. The van der Waals surface area contributed by atoms with E-state index in [1.807, 2.05) is 0 Å². The molecule has 0 aromatic carbocycles. The van der Waals surface area contributed by atoms with Gasteiger partial charge in [-0.05, 0) is 12.8 Å². The van der Waals surface area contributed by atoms with Gasteiger partial charge in [0.05, 0.1) is 6.10 Å². The van der Waals surface area contributed by atoms with Crippen molar-refractivity contribution in [3.05, 3.63) is 0 Å². The molecular formula is C8H17BrO. The zero-order valence-corrected chi connectivity index (χ0v) is 8.39. The molecule has 2 atom stereocenters. The van der Waals surface area contributed by atoms with E-state index in [-0.39, 0.29) is 6.10 Å². The molecule has 0 radical (unpaired) electrons. The maximum absolute atomic E-state index is 9.40. The van der Waals surface area contributed by atoms with Crippen LogP contribution in [0, 0.1) is 0 Å². The highest BCUT2D eigenvalue weighted by Crippen LogP contribution is 2.15. The van der Waals surface area contributed by atoms with Crippen LogP contribution >= 0.6 is 15.9 Å². The fraction of sp³-hybridized carbons (Fsp3) is 1.00. The lowest BCUT2D eigenvalue weighted by atomic mass is 10.1. The minimum Gasteiger partial charge on any atom is -0.392 e. The predicted octanol–water partition coefficient (Wildman–Crippen LogP) is 2.71. The van der Waals surface area contributed by atoms with E-state index in [0.29, 0.717) is 4.83 Å². The van der Waals surface area contributed by atoms with Crippen LogP contribution in [0.4, 0.5) is 0 Å². The van der Waals surface area contributed by atoms with Crippen LogP contribution in [0.25, 0.3) is 0 Å². The van der Waals surface area contributed by atoms with E-state index in [0.717, 1.165) is 25.7 Å². The first-order valence-corrected chi connectivity index (χ1v) is 4.96. The van der Waals surface area contributed by atoms with Gasteiger partial charge in [0.25, 0.3) is 0 Å². The van der Waals surface area contributed by atoms with E-state index in [2.05, 4.69) is 29.8 Å². The zero-order valence-electron chi connectivity index (χ0n) is 6.81. The summed E-state index contributed by atoms with van der Waals surface area (Å²) in [6.07, 6.45) is 4.03. The molecular weight excluding hydrogens is 192 g/mol. The Labute approximate surface area is 72.0 Å². The predicted molar refractivity (Wildman–Crippen MR) is 48.5 cm³/mol. The molecule has 0 spiro atoms. The number of hydrogen-bond acceptors (Lipinski definition) is 1. The Bertz CT molecular complexity index is 65.7. The van der Waals surface area contributed by atoms with Gasteiger partial charge in [0, 0.05) is 4.83 Å². The van der Waals surface area contributed by atoms with Crippen LogP contribution in [0.3, 0.4) is 0 Å². The second kappa shape index (κ2) is 6.17. The molecule has 0 saturated heterocycles. The summed E-state index contributed by atoms with van der Waals surface area (Å²) in [6.45, 7) is 4.22. The SMILES string of the molecule is CCC[C@@H](O)[C@H](Br)CCC. The Balaban J connectivity index is 3.38. The summed E-state index contributed by atoms with van der Waals surface area (Å²) < 4.78 is 0. The van der Waals surface area contributed by atoms with Gasteiger partial charge in [-0.15, -0.1) is 0 Å². The van der Waals surface area contributed by atoms with Gasteiger partial charge >= 0.3 is 0 Å². The van der Waals surface area contributed by atoms with Crippen molar-refractivity contribution in [2.75, 3.05) is 0 Å². The van der Waals surface area contributed by atoms with Crippen molar-refractivity contribution in [1.82, 2.24) is 0 Å². The van der Waals surface area contributed by atoms with Gasteiger partial charge in [-0.2, -0.15) is 0 Å². The number of hydrogen-bond donors (Lipinski definition) is 1.